The van der Waals surface area contributed by atoms with Crippen LogP contribution in [0.15, 0.2) is 36.4 Å². The van der Waals surface area contributed by atoms with Crippen molar-refractivity contribution in [1.29, 1.82) is 0 Å². The van der Waals surface area contributed by atoms with Crippen LogP contribution in [0.25, 0.3) is 21.3 Å². The van der Waals surface area contributed by atoms with Crippen molar-refractivity contribution in [3.63, 3.8) is 0 Å². The molecule has 0 spiro atoms. The number of nitrogen functional groups attached to an aromatic ring is 1. The van der Waals surface area contributed by atoms with Crippen LogP contribution in [0.5, 0.6) is 0 Å². The maximum atomic E-state index is 13.6. The largest absolute Gasteiger partial charge is 0.397 e. The molecular weight excluding hydrogens is 464 g/mol. The van der Waals surface area contributed by atoms with Gasteiger partial charge in [0, 0.05) is 26.1 Å². The molecule has 2 amide bonds. The zero-order valence-electron chi connectivity index (χ0n) is 19.8. The zero-order chi connectivity index (χ0) is 24.5. The van der Waals surface area contributed by atoms with Gasteiger partial charge in [-0.2, -0.15) is 0 Å². The van der Waals surface area contributed by atoms with Crippen molar-refractivity contribution in [2.75, 3.05) is 26.4 Å². The van der Waals surface area contributed by atoms with Gasteiger partial charge in [-0.25, -0.2) is 9.97 Å². The maximum Gasteiger partial charge on any atom is 0.263 e. The number of ether oxygens (including phenoxy) is 1. The van der Waals surface area contributed by atoms with E-state index in [4.69, 9.17) is 15.5 Å². The second kappa shape index (κ2) is 9.63. The van der Waals surface area contributed by atoms with Crippen LogP contribution in [0.2, 0.25) is 0 Å². The molecule has 0 saturated carbocycles. The number of thiophene rings is 1. The maximum absolute atomic E-state index is 13.6. The highest BCUT2D eigenvalue weighted by molar-refractivity contribution is 7.21. The van der Waals surface area contributed by atoms with Gasteiger partial charge in [0.2, 0.25) is 5.91 Å². The van der Waals surface area contributed by atoms with E-state index in [-0.39, 0.29) is 24.4 Å². The number of benzene rings is 1. The SMILES string of the molecule is CNC(=O)c1sc2nc([C@H]3CCCCN3C(=O)Cn3c(COC)nc4ccccc43)ccc2c1N. The van der Waals surface area contributed by atoms with Crippen molar-refractivity contribution in [3.05, 3.63) is 52.8 Å². The molecule has 3 aromatic heterocycles. The van der Waals surface area contributed by atoms with Crippen molar-refractivity contribution in [2.45, 2.75) is 38.5 Å². The van der Waals surface area contributed by atoms with Crippen molar-refractivity contribution in [1.82, 2.24) is 24.8 Å². The average Bonchev–Trinajstić information content (AvgIpc) is 3.40. The van der Waals surface area contributed by atoms with Gasteiger partial charge < -0.3 is 25.3 Å². The highest BCUT2D eigenvalue weighted by Crippen LogP contribution is 2.36. The Morgan fingerprint density at radius 1 is 1.20 bits per heavy atom. The number of carbonyl (C=O) groups is 2. The summed E-state index contributed by atoms with van der Waals surface area (Å²) in [6.07, 6.45) is 2.81. The molecule has 35 heavy (non-hydrogen) atoms. The Hall–Kier alpha value is -3.50. The van der Waals surface area contributed by atoms with Gasteiger partial charge in [0.25, 0.3) is 5.91 Å². The normalized spacial score (nSPS) is 16.2. The Balaban J connectivity index is 1.46. The topological polar surface area (TPSA) is 115 Å². The number of fused-ring (bicyclic) bond motifs is 2. The molecule has 0 radical (unpaired) electrons. The van der Waals surface area contributed by atoms with E-state index in [2.05, 4.69) is 10.3 Å². The number of rotatable bonds is 6. The Morgan fingerprint density at radius 3 is 2.83 bits per heavy atom. The minimum Gasteiger partial charge on any atom is -0.397 e. The summed E-state index contributed by atoms with van der Waals surface area (Å²) in [5, 5.41) is 3.39. The number of anilines is 1. The standard InChI is InChI=1S/C25H28N6O3S/c1-27-24(33)23-22(26)15-10-11-17(29-25(15)35-23)18-9-5-6-12-30(18)21(32)13-31-19-8-4-3-7-16(19)28-20(31)14-34-2/h3-4,7-8,10-11,18H,5-6,9,12-14,26H2,1-2H3,(H,27,33)/t18-/m1/s1. The van der Waals surface area contributed by atoms with Gasteiger partial charge in [-0.3, -0.25) is 9.59 Å². The molecule has 1 aromatic carbocycles. The summed E-state index contributed by atoms with van der Waals surface area (Å²) in [4.78, 5) is 38.4. The molecule has 5 rings (SSSR count). The van der Waals surface area contributed by atoms with Crippen LogP contribution < -0.4 is 11.1 Å². The van der Waals surface area contributed by atoms with E-state index in [1.165, 1.54) is 11.3 Å². The smallest absolute Gasteiger partial charge is 0.263 e. The average molecular weight is 493 g/mol. The Morgan fingerprint density at radius 2 is 2.03 bits per heavy atom. The number of carbonyl (C=O) groups excluding carboxylic acids is 2. The molecule has 1 saturated heterocycles. The lowest BCUT2D eigenvalue weighted by molar-refractivity contribution is -0.135. The van der Waals surface area contributed by atoms with Crippen LogP contribution in [0.3, 0.4) is 0 Å². The molecule has 1 aliphatic rings. The molecule has 182 valence electrons. The van der Waals surface area contributed by atoms with E-state index in [0.717, 1.165) is 47.2 Å². The second-order valence-electron chi connectivity index (χ2n) is 8.65. The predicted octanol–water partition coefficient (Wildman–Crippen LogP) is 3.49. The first-order chi connectivity index (χ1) is 17.0. The summed E-state index contributed by atoms with van der Waals surface area (Å²) >= 11 is 1.28. The zero-order valence-corrected chi connectivity index (χ0v) is 20.6. The van der Waals surface area contributed by atoms with Crippen LogP contribution in [0, 0.1) is 0 Å². The van der Waals surface area contributed by atoms with Gasteiger partial charge >= 0.3 is 0 Å². The number of aromatic nitrogens is 3. The van der Waals surface area contributed by atoms with Crippen molar-refractivity contribution < 1.29 is 14.3 Å². The molecule has 4 heterocycles. The number of hydrogen-bond donors (Lipinski definition) is 2. The molecule has 0 bridgehead atoms. The van der Waals surface area contributed by atoms with Crippen LogP contribution in [-0.2, 0) is 22.7 Å². The number of nitrogens with two attached hydrogens (primary N) is 1. The minimum atomic E-state index is -0.221. The Labute approximate surface area is 206 Å². The molecule has 1 atom stereocenters. The number of imidazole rings is 1. The van der Waals surface area contributed by atoms with Gasteiger partial charge in [0.1, 0.15) is 28.7 Å². The van der Waals surface area contributed by atoms with E-state index >= 15 is 0 Å². The monoisotopic (exact) mass is 492 g/mol. The Kier molecular flexibility index (Phi) is 6.40. The lowest BCUT2D eigenvalue weighted by atomic mass is 9.98. The molecule has 0 unspecified atom stereocenters. The number of nitrogens with one attached hydrogen (secondary N) is 1. The van der Waals surface area contributed by atoms with Crippen LogP contribution in [-0.4, -0.2) is 52.0 Å². The van der Waals surface area contributed by atoms with Crippen molar-refractivity contribution in [3.8, 4) is 0 Å². The molecule has 4 aromatic rings. The summed E-state index contributed by atoms with van der Waals surface area (Å²) < 4.78 is 7.28. The third-order valence-electron chi connectivity index (χ3n) is 6.51. The first kappa shape index (κ1) is 23.3. The van der Waals surface area contributed by atoms with Gasteiger partial charge in [-0.05, 0) is 43.5 Å². The molecule has 10 heteroatoms. The molecule has 0 aliphatic carbocycles. The van der Waals surface area contributed by atoms with Gasteiger partial charge in [-0.15, -0.1) is 11.3 Å². The third-order valence-corrected chi connectivity index (χ3v) is 7.63. The number of pyridine rings is 1. The molecular formula is C25H28N6O3S. The van der Waals surface area contributed by atoms with E-state index in [1.807, 2.05) is 45.9 Å². The quantitative estimate of drug-likeness (QED) is 0.426. The number of nitrogens with zero attached hydrogens (tertiary/aromatic N) is 4. The van der Waals surface area contributed by atoms with Crippen molar-refractivity contribution >= 4 is 50.1 Å². The number of hydrogen-bond acceptors (Lipinski definition) is 7. The summed E-state index contributed by atoms with van der Waals surface area (Å²) in [6.45, 7) is 1.19. The van der Waals surface area contributed by atoms with Crippen LogP contribution >= 0.6 is 11.3 Å². The molecule has 1 fully saturated rings. The summed E-state index contributed by atoms with van der Waals surface area (Å²) in [5.74, 6) is 0.528. The first-order valence-corrected chi connectivity index (χ1v) is 12.5. The summed E-state index contributed by atoms with van der Waals surface area (Å²) in [6, 6.07) is 11.5. The van der Waals surface area contributed by atoms with E-state index in [9.17, 15) is 9.59 Å². The minimum absolute atomic E-state index is 0.0221. The van der Waals surface area contributed by atoms with E-state index < -0.39 is 0 Å². The lowest BCUT2D eigenvalue weighted by Crippen LogP contribution is -2.40. The van der Waals surface area contributed by atoms with E-state index in [1.54, 1.807) is 14.2 Å². The highest BCUT2D eigenvalue weighted by atomic mass is 32.1. The summed E-state index contributed by atoms with van der Waals surface area (Å²) in [7, 11) is 3.21. The highest BCUT2D eigenvalue weighted by Gasteiger charge is 2.30. The molecule has 9 nitrogen and oxygen atoms in total. The van der Waals surface area contributed by atoms with Crippen molar-refractivity contribution in [2.24, 2.45) is 0 Å². The number of piperidine rings is 1. The summed E-state index contributed by atoms with van der Waals surface area (Å²) in [5.41, 5.74) is 9.23. The second-order valence-corrected chi connectivity index (χ2v) is 9.65. The number of methoxy groups -OCH3 is 1. The van der Waals surface area contributed by atoms with Gasteiger partial charge in [0.15, 0.2) is 0 Å². The van der Waals surface area contributed by atoms with Crippen LogP contribution in [0.4, 0.5) is 5.69 Å². The molecule has 1 aliphatic heterocycles. The van der Waals surface area contributed by atoms with E-state index in [0.29, 0.717) is 28.5 Å². The number of para-hydroxylation sites is 2. The Bertz CT molecular complexity index is 1410. The van der Waals surface area contributed by atoms with Gasteiger partial charge in [-0.1, -0.05) is 12.1 Å². The number of likely N-dealkylation sites (tertiary alicyclic amines) is 1. The van der Waals surface area contributed by atoms with Crippen LogP contribution in [0.1, 0.15) is 46.5 Å². The fourth-order valence-corrected chi connectivity index (χ4v) is 5.83. The number of amides is 2. The molecule has 3 N–H and O–H groups in total. The third kappa shape index (κ3) is 4.23. The first-order valence-electron chi connectivity index (χ1n) is 11.7. The fourth-order valence-electron chi connectivity index (χ4n) is 4.78. The lowest BCUT2D eigenvalue weighted by Gasteiger charge is -2.35. The predicted molar refractivity (Wildman–Crippen MR) is 136 cm³/mol. The fraction of sp³-hybridized carbons (Fsp3) is 0.360. The van der Waals surface area contributed by atoms with Gasteiger partial charge in [0.05, 0.1) is 28.5 Å².